The molecular weight excluding hydrogens is 410 g/mol. The van der Waals surface area contributed by atoms with Crippen molar-refractivity contribution in [2.75, 3.05) is 7.11 Å². The van der Waals surface area contributed by atoms with Crippen molar-refractivity contribution in [2.24, 2.45) is 11.3 Å². The summed E-state index contributed by atoms with van der Waals surface area (Å²) >= 11 is 0. The molecule has 2 aromatic carbocycles. The molecule has 4 atom stereocenters. The van der Waals surface area contributed by atoms with E-state index in [0.29, 0.717) is 24.2 Å². The predicted octanol–water partition coefficient (Wildman–Crippen LogP) is 5.55. The summed E-state index contributed by atoms with van der Waals surface area (Å²) in [6.07, 6.45) is 5.49. The molecule has 2 aliphatic rings. The second-order valence-corrected chi connectivity index (χ2v) is 10.4. The number of amides is 1. The highest BCUT2D eigenvalue weighted by Gasteiger charge is 2.49. The van der Waals surface area contributed by atoms with Gasteiger partial charge in [-0.1, -0.05) is 75.7 Å². The number of aryl methyl sites for hydroxylation is 1. The summed E-state index contributed by atoms with van der Waals surface area (Å²) in [6.45, 7) is 6.59. The number of hydrogen-bond acceptors (Lipinski definition) is 3. The van der Waals surface area contributed by atoms with Crippen LogP contribution in [0.25, 0.3) is 0 Å². The number of rotatable bonds is 6. The van der Waals surface area contributed by atoms with Gasteiger partial charge in [-0.25, -0.2) is 4.79 Å². The maximum absolute atomic E-state index is 13.7. The van der Waals surface area contributed by atoms with Crippen LogP contribution in [-0.2, 0) is 27.2 Å². The summed E-state index contributed by atoms with van der Waals surface area (Å²) in [5.74, 6) is 0.822. The quantitative estimate of drug-likeness (QED) is 0.591. The van der Waals surface area contributed by atoms with Crippen molar-refractivity contribution in [3.63, 3.8) is 0 Å². The Kier molecular flexibility index (Phi) is 6.92. The molecule has 0 aromatic heterocycles. The number of benzene rings is 2. The van der Waals surface area contributed by atoms with Gasteiger partial charge in [0, 0.05) is 11.8 Å². The van der Waals surface area contributed by atoms with E-state index in [2.05, 4.69) is 44.3 Å². The van der Waals surface area contributed by atoms with Crippen molar-refractivity contribution < 1.29 is 14.3 Å². The molecule has 33 heavy (non-hydrogen) atoms. The van der Waals surface area contributed by atoms with Crippen LogP contribution in [0.3, 0.4) is 0 Å². The average molecular weight is 448 g/mol. The number of hydrogen-bond donors (Lipinski definition) is 1. The van der Waals surface area contributed by atoms with Crippen LogP contribution >= 0.6 is 0 Å². The molecule has 4 heteroatoms. The molecule has 1 N–H and O–H groups in total. The van der Waals surface area contributed by atoms with Crippen molar-refractivity contribution in [1.29, 1.82) is 0 Å². The van der Waals surface area contributed by atoms with E-state index in [1.807, 2.05) is 30.3 Å². The van der Waals surface area contributed by atoms with Crippen LogP contribution in [0.1, 0.15) is 80.5 Å². The topological polar surface area (TPSA) is 55.4 Å². The Morgan fingerprint density at radius 2 is 1.88 bits per heavy atom. The van der Waals surface area contributed by atoms with Crippen LogP contribution in [0.15, 0.2) is 48.5 Å². The molecule has 0 aliphatic heterocycles. The third kappa shape index (κ3) is 4.71. The molecule has 0 radical (unpaired) electrons. The first-order valence-electron chi connectivity index (χ1n) is 12.4. The van der Waals surface area contributed by atoms with Gasteiger partial charge in [0.1, 0.15) is 6.04 Å². The zero-order valence-corrected chi connectivity index (χ0v) is 20.4. The van der Waals surface area contributed by atoms with Crippen LogP contribution in [0.5, 0.6) is 0 Å². The van der Waals surface area contributed by atoms with Gasteiger partial charge in [-0.05, 0) is 65.7 Å². The summed E-state index contributed by atoms with van der Waals surface area (Å²) in [7, 11) is 1.38. The van der Waals surface area contributed by atoms with Gasteiger partial charge in [-0.15, -0.1) is 0 Å². The molecule has 1 amide bonds. The van der Waals surface area contributed by atoms with Crippen molar-refractivity contribution in [3.05, 3.63) is 70.8 Å². The van der Waals surface area contributed by atoms with Crippen LogP contribution in [0.2, 0.25) is 0 Å². The van der Waals surface area contributed by atoms with Crippen LogP contribution in [0.4, 0.5) is 0 Å². The Bertz CT molecular complexity index is 999. The number of fused-ring (bicyclic) bond motifs is 3. The summed E-state index contributed by atoms with van der Waals surface area (Å²) in [5, 5.41) is 3.09. The lowest BCUT2D eigenvalue weighted by Crippen LogP contribution is -2.53. The number of ether oxygens (including phenoxy) is 1. The van der Waals surface area contributed by atoms with Crippen LogP contribution < -0.4 is 5.32 Å². The van der Waals surface area contributed by atoms with Gasteiger partial charge in [-0.2, -0.15) is 0 Å². The van der Waals surface area contributed by atoms with Gasteiger partial charge in [0.05, 0.1) is 7.11 Å². The number of carbonyl (C=O) groups excluding carboxylic acids is 2. The third-order valence-electron chi connectivity index (χ3n) is 8.07. The molecule has 0 bridgehead atoms. The molecule has 4 nitrogen and oxygen atoms in total. The Labute approximate surface area is 198 Å². The first kappa shape index (κ1) is 23.5. The number of esters is 1. The molecule has 0 unspecified atom stereocenters. The fourth-order valence-corrected chi connectivity index (χ4v) is 6.08. The van der Waals surface area contributed by atoms with Gasteiger partial charge in [-0.3, -0.25) is 4.79 Å². The van der Waals surface area contributed by atoms with Gasteiger partial charge in [0.25, 0.3) is 0 Å². The second-order valence-electron chi connectivity index (χ2n) is 10.4. The highest BCUT2D eigenvalue weighted by Crippen LogP contribution is 2.54. The summed E-state index contributed by atoms with van der Waals surface area (Å²) < 4.78 is 5.04. The Morgan fingerprint density at radius 1 is 1.12 bits per heavy atom. The Balaban J connectivity index is 1.56. The molecule has 0 spiro atoms. The average Bonchev–Trinajstić information content (AvgIpc) is 2.83. The fraction of sp³-hybridized carbons (Fsp3) is 0.517. The summed E-state index contributed by atoms with van der Waals surface area (Å²) in [5.41, 5.74) is 4.81. The van der Waals surface area contributed by atoms with E-state index in [1.165, 1.54) is 23.8 Å². The highest BCUT2D eigenvalue weighted by atomic mass is 16.5. The largest absolute Gasteiger partial charge is 0.467 e. The smallest absolute Gasteiger partial charge is 0.328 e. The van der Waals surface area contributed by atoms with Crippen molar-refractivity contribution in [3.8, 4) is 0 Å². The molecule has 0 saturated heterocycles. The van der Waals surface area contributed by atoms with E-state index in [-0.39, 0.29) is 5.91 Å². The molecule has 0 heterocycles. The van der Waals surface area contributed by atoms with Crippen molar-refractivity contribution in [2.45, 2.75) is 77.2 Å². The molecular formula is C29H37NO3. The van der Waals surface area contributed by atoms with Crippen molar-refractivity contribution in [1.82, 2.24) is 5.32 Å². The second kappa shape index (κ2) is 9.70. The molecule has 4 rings (SSSR count). The summed E-state index contributed by atoms with van der Waals surface area (Å²) in [4.78, 5) is 26.3. The number of methoxy groups -OCH3 is 1. The minimum atomic E-state index is -0.674. The fourth-order valence-electron chi connectivity index (χ4n) is 6.08. The molecule has 176 valence electrons. The van der Waals surface area contributed by atoms with Gasteiger partial charge in [0.15, 0.2) is 0 Å². The lowest BCUT2D eigenvalue weighted by Gasteiger charge is -2.48. The van der Waals surface area contributed by atoms with E-state index in [4.69, 9.17) is 4.74 Å². The van der Waals surface area contributed by atoms with E-state index in [1.54, 1.807) is 0 Å². The van der Waals surface area contributed by atoms with Gasteiger partial charge < -0.3 is 10.1 Å². The van der Waals surface area contributed by atoms with Crippen molar-refractivity contribution >= 4 is 11.9 Å². The lowest BCUT2D eigenvalue weighted by atomic mass is 9.56. The maximum Gasteiger partial charge on any atom is 0.328 e. The SMILES string of the molecule is COC(=O)[C@H](Cc1ccccc1)NC(=O)[C@]1(C)CCC[C@@H]2c3ccc(C(C)C)cc3CC[C@H]21. The first-order valence-corrected chi connectivity index (χ1v) is 12.4. The van der Waals surface area contributed by atoms with E-state index in [0.717, 1.165) is 37.7 Å². The highest BCUT2D eigenvalue weighted by molar-refractivity contribution is 5.88. The monoisotopic (exact) mass is 447 g/mol. The molecule has 1 saturated carbocycles. The number of carbonyl (C=O) groups is 2. The normalized spacial score (nSPS) is 25.0. The van der Waals surface area contributed by atoms with E-state index in [9.17, 15) is 9.59 Å². The lowest BCUT2D eigenvalue weighted by molar-refractivity contribution is -0.148. The maximum atomic E-state index is 13.7. The summed E-state index contributed by atoms with van der Waals surface area (Å²) in [6, 6.07) is 16.1. The zero-order chi connectivity index (χ0) is 23.6. The van der Waals surface area contributed by atoms with Gasteiger partial charge in [0.2, 0.25) is 5.91 Å². The first-order chi connectivity index (χ1) is 15.8. The van der Waals surface area contributed by atoms with Crippen LogP contribution in [-0.4, -0.2) is 25.0 Å². The van der Waals surface area contributed by atoms with E-state index < -0.39 is 17.4 Å². The minimum Gasteiger partial charge on any atom is -0.467 e. The van der Waals surface area contributed by atoms with Gasteiger partial charge >= 0.3 is 5.97 Å². The number of nitrogens with one attached hydrogen (secondary N) is 1. The Hall–Kier alpha value is -2.62. The van der Waals surface area contributed by atoms with E-state index >= 15 is 0 Å². The minimum absolute atomic E-state index is 0.00854. The molecule has 2 aromatic rings. The Morgan fingerprint density at radius 3 is 2.58 bits per heavy atom. The zero-order valence-electron chi connectivity index (χ0n) is 20.4. The third-order valence-corrected chi connectivity index (χ3v) is 8.07. The predicted molar refractivity (Wildman–Crippen MR) is 131 cm³/mol. The standard InChI is InChI=1S/C29H37NO3/c1-19(2)21-12-14-23-22(18-21)13-15-25-24(23)11-8-16-29(25,3)28(32)30-26(27(31)33-4)17-20-9-6-5-7-10-20/h5-7,9-10,12,14,18-19,24-26H,8,11,13,15-17H2,1-4H3,(H,30,32)/t24-,25-,26+,29-/m1/s1. The van der Waals surface area contributed by atoms with Crippen LogP contribution in [0, 0.1) is 11.3 Å². The molecule has 1 fully saturated rings. The molecule has 2 aliphatic carbocycles.